The van der Waals surface area contributed by atoms with Crippen molar-refractivity contribution in [3.8, 4) is 0 Å². The fraction of sp³-hybridized carbons (Fsp3) is 0.0870. The lowest BCUT2D eigenvalue weighted by atomic mass is 9.86. The molecule has 5 rings (SSSR count). The van der Waals surface area contributed by atoms with E-state index in [1.165, 1.54) is 0 Å². The molecule has 2 aliphatic rings. The van der Waals surface area contributed by atoms with E-state index in [0.29, 0.717) is 43.9 Å². The Morgan fingerprint density at radius 2 is 1.52 bits per heavy atom. The summed E-state index contributed by atoms with van der Waals surface area (Å²) in [7, 11) is 0. The van der Waals surface area contributed by atoms with E-state index in [4.69, 9.17) is 0 Å². The third-order valence-corrected chi connectivity index (χ3v) is 8.19. The van der Waals surface area contributed by atoms with Crippen LogP contribution in [0.25, 0.3) is 5.57 Å². The molecular formula is C23H18BBr3F2N4. The molecule has 4 nitrogen and oxygen atoms in total. The van der Waals surface area contributed by atoms with E-state index in [-0.39, 0.29) is 0 Å². The molecule has 2 N–H and O–H groups in total. The van der Waals surface area contributed by atoms with Gasteiger partial charge in [-0.15, -0.1) is 0 Å². The summed E-state index contributed by atoms with van der Waals surface area (Å²) in [5.41, 5.74) is 3.51. The van der Waals surface area contributed by atoms with Crippen molar-refractivity contribution >= 4 is 71.9 Å². The molecule has 0 saturated heterocycles. The number of amidine groups is 1. The summed E-state index contributed by atoms with van der Waals surface area (Å²) in [6.07, 6.45) is 1.77. The minimum atomic E-state index is -4.16. The Labute approximate surface area is 215 Å². The first-order valence-corrected chi connectivity index (χ1v) is 12.7. The van der Waals surface area contributed by atoms with Crippen LogP contribution in [0.4, 0.5) is 14.3 Å². The van der Waals surface area contributed by atoms with E-state index in [1.807, 2.05) is 60.7 Å². The first kappa shape index (κ1) is 22.6. The molecule has 0 fully saturated rings. The lowest BCUT2D eigenvalue weighted by Crippen LogP contribution is -2.53. The summed E-state index contributed by atoms with van der Waals surface area (Å²) in [5.74, 6) is 0.348. The Balaban J connectivity index is 1.57. The summed E-state index contributed by atoms with van der Waals surface area (Å²) >= 11 is 10.3. The average Bonchev–Trinajstić information content (AvgIpc) is 3.30. The Hall–Kier alpha value is -2.17. The Bertz CT molecular complexity index is 1320. The first-order chi connectivity index (χ1) is 15.9. The van der Waals surface area contributed by atoms with Crippen LogP contribution in [0.1, 0.15) is 11.3 Å². The fourth-order valence-corrected chi connectivity index (χ4v) is 5.74. The Kier molecular flexibility index (Phi) is 6.09. The van der Waals surface area contributed by atoms with Crippen molar-refractivity contribution in [3.05, 3.63) is 103 Å². The lowest BCUT2D eigenvalue weighted by molar-refractivity contribution is -0.364. The molecular weight excluding hydrogens is 621 g/mol. The predicted octanol–water partition coefficient (Wildman–Crippen LogP) is 6.41. The number of aromatic nitrogens is 1. The molecule has 2 aliphatic heterocycles. The number of fused-ring (bicyclic) bond motifs is 2. The molecule has 33 heavy (non-hydrogen) atoms. The van der Waals surface area contributed by atoms with E-state index in [0.717, 1.165) is 25.8 Å². The van der Waals surface area contributed by atoms with Crippen molar-refractivity contribution in [3.63, 3.8) is 0 Å². The third-order valence-electron chi connectivity index (χ3n) is 5.64. The van der Waals surface area contributed by atoms with Crippen LogP contribution in [0.3, 0.4) is 0 Å². The highest BCUT2D eigenvalue weighted by Gasteiger charge is 2.51. The monoisotopic (exact) mass is 636 g/mol. The summed E-state index contributed by atoms with van der Waals surface area (Å²) in [6, 6.07) is 21.1. The second kappa shape index (κ2) is 8.89. The molecule has 2 aromatic carbocycles. The van der Waals surface area contributed by atoms with Crippen LogP contribution in [0, 0.1) is 0 Å². The Morgan fingerprint density at radius 3 is 2.21 bits per heavy atom. The minimum Gasteiger partial charge on any atom is -0.414 e. The number of para-hydroxylation sites is 1. The molecule has 0 bridgehead atoms. The van der Waals surface area contributed by atoms with Gasteiger partial charge in [0.1, 0.15) is 11.0 Å². The lowest BCUT2D eigenvalue weighted by Gasteiger charge is -2.36. The van der Waals surface area contributed by atoms with Crippen LogP contribution in [-0.4, -0.2) is 34.9 Å². The zero-order valence-corrected chi connectivity index (χ0v) is 22.0. The van der Waals surface area contributed by atoms with E-state index < -0.39 is 6.97 Å². The Morgan fingerprint density at radius 1 is 0.879 bits per heavy atom. The van der Waals surface area contributed by atoms with Crippen LogP contribution in [0.2, 0.25) is 0 Å². The zero-order valence-electron chi connectivity index (χ0n) is 17.2. The smallest absolute Gasteiger partial charge is 0.414 e. The number of halogens is 5. The summed E-state index contributed by atoms with van der Waals surface area (Å²) < 4.78 is 35.8. The van der Waals surface area contributed by atoms with Crippen LogP contribution in [-0.2, 0) is 0 Å². The van der Waals surface area contributed by atoms with Crippen molar-refractivity contribution in [1.29, 1.82) is 0 Å². The quantitative estimate of drug-likeness (QED) is 0.250. The number of nitrogens with one attached hydrogen (secondary N) is 2. The second-order valence-electron chi connectivity index (χ2n) is 7.68. The van der Waals surface area contributed by atoms with Gasteiger partial charge in [0.2, 0.25) is 5.84 Å². The van der Waals surface area contributed by atoms with Gasteiger partial charge in [-0.05, 0) is 71.6 Å². The normalized spacial score (nSPS) is 16.5. The van der Waals surface area contributed by atoms with Gasteiger partial charge in [0, 0.05) is 27.5 Å². The highest BCUT2D eigenvalue weighted by molar-refractivity contribution is 9.13. The van der Waals surface area contributed by atoms with E-state index in [2.05, 4.69) is 58.4 Å². The topological polar surface area (TPSA) is 32.0 Å². The molecule has 3 heterocycles. The largest absolute Gasteiger partial charge is 0.640 e. The molecule has 3 aromatic rings. The van der Waals surface area contributed by atoms with Gasteiger partial charge in [-0.1, -0.05) is 48.5 Å². The number of benzene rings is 2. The SMILES string of the molecule is F[B-]1(F)n2c(cc(Br)c2Br)C(c2ccccc2)=C2C=C(Br)C(NCCNc3ccccc3)=[N+]21. The van der Waals surface area contributed by atoms with E-state index >= 15 is 8.63 Å². The number of hydrogen-bond acceptors (Lipinski definition) is 2. The molecule has 0 atom stereocenters. The van der Waals surface area contributed by atoms with Gasteiger partial charge in [-0.3, -0.25) is 5.32 Å². The minimum absolute atomic E-state index is 0.308. The fourth-order valence-electron chi connectivity index (χ4n) is 4.24. The maximum absolute atomic E-state index is 16.0. The van der Waals surface area contributed by atoms with Crippen LogP contribution < -0.4 is 10.6 Å². The predicted molar refractivity (Wildman–Crippen MR) is 141 cm³/mol. The van der Waals surface area contributed by atoms with Crippen molar-refractivity contribution < 1.29 is 13.1 Å². The second-order valence-corrected chi connectivity index (χ2v) is 10.1. The van der Waals surface area contributed by atoms with Gasteiger partial charge in [-0.25, -0.2) is 0 Å². The van der Waals surface area contributed by atoms with Crippen molar-refractivity contribution in [1.82, 2.24) is 9.79 Å². The first-order valence-electron chi connectivity index (χ1n) is 10.3. The highest BCUT2D eigenvalue weighted by Crippen LogP contribution is 2.45. The number of nitrogens with zero attached hydrogens (tertiary/aromatic N) is 2. The summed E-state index contributed by atoms with van der Waals surface area (Å²) in [6.45, 7) is -3.11. The molecule has 0 amide bonds. The third kappa shape index (κ3) is 3.92. The van der Waals surface area contributed by atoms with E-state index in [1.54, 1.807) is 12.1 Å². The van der Waals surface area contributed by atoms with Gasteiger partial charge in [0.15, 0.2) is 0 Å². The highest BCUT2D eigenvalue weighted by atomic mass is 79.9. The number of rotatable bonds is 5. The zero-order chi connectivity index (χ0) is 23.2. The van der Waals surface area contributed by atoms with Crippen LogP contribution in [0.15, 0.2) is 92.1 Å². The van der Waals surface area contributed by atoms with Crippen LogP contribution >= 0.6 is 47.8 Å². The molecule has 0 aliphatic carbocycles. The molecule has 0 spiro atoms. The van der Waals surface area contributed by atoms with Crippen molar-refractivity contribution in [2.24, 2.45) is 0 Å². The standard InChI is InChI=1S/C23H18BBr3F2N4/c25-17-13-19-21(15-7-3-1-4-8-15)20-14-18(26)23(33(20)24(28,29)32(19)22(17)27)31-12-11-30-16-9-5-2-6-10-16/h1-10,13-14,30-31H,11-12H2. The maximum atomic E-state index is 16.0. The summed E-state index contributed by atoms with van der Waals surface area (Å²) in [5, 5.41) is 6.51. The van der Waals surface area contributed by atoms with Gasteiger partial charge in [0.25, 0.3) is 0 Å². The molecule has 168 valence electrons. The van der Waals surface area contributed by atoms with Crippen LogP contribution in [0.5, 0.6) is 0 Å². The van der Waals surface area contributed by atoms with Gasteiger partial charge in [-0.2, -0.15) is 0 Å². The molecule has 0 radical (unpaired) electrons. The average molecular weight is 639 g/mol. The van der Waals surface area contributed by atoms with Gasteiger partial charge < -0.3 is 22.9 Å². The molecule has 0 unspecified atom stereocenters. The summed E-state index contributed by atoms with van der Waals surface area (Å²) in [4.78, 5) is 0. The molecule has 1 aromatic heterocycles. The maximum Gasteiger partial charge on any atom is 0.640 e. The van der Waals surface area contributed by atoms with Crippen molar-refractivity contribution in [2.45, 2.75) is 0 Å². The van der Waals surface area contributed by atoms with Crippen molar-refractivity contribution in [2.75, 3.05) is 18.4 Å². The van der Waals surface area contributed by atoms with E-state index in [9.17, 15) is 0 Å². The number of anilines is 1. The van der Waals surface area contributed by atoms with Gasteiger partial charge in [0.05, 0.1) is 16.8 Å². The number of allylic oxidation sites excluding steroid dienone is 1. The number of hydrogen-bond donors (Lipinski definition) is 2. The van der Waals surface area contributed by atoms with Gasteiger partial charge >= 0.3 is 6.97 Å². The molecule has 10 heteroatoms. The molecule has 0 saturated carbocycles.